The summed E-state index contributed by atoms with van der Waals surface area (Å²) >= 11 is 3.37. The quantitative estimate of drug-likeness (QED) is 0.595. The average molecular weight is 372 g/mol. The van der Waals surface area contributed by atoms with Gasteiger partial charge in [-0.2, -0.15) is 4.31 Å². The van der Waals surface area contributed by atoms with Crippen molar-refractivity contribution < 1.29 is 8.42 Å². The van der Waals surface area contributed by atoms with Crippen molar-refractivity contribution in [1.29, 1.82) is 0 Å². The van der Waals surface area contributed by atoms with Crippen molar-refractivity contribution in [3.8, 4) is 0 Å². The molecule has 1 heterocycles. The van der Waals surface area contributed by atoms with Crippen LogP contribution in [-0.4, -0.2) is 25.8 Å². The minimum absolute atomic E-state index is 0.118. The Hall–Kier alpha value is -0.650. The first kappa shape index (κ1) is 16.7. The molecule has 0 atom stereocenters. The monoisotopic (exact) mass is 371 g/mol. The van der Waals surface area contributed by atoms with Crippen molar-refractivity contribution in [3.05, 3.63) is 41.5 Å². The van der Waals surface area contributed by atoms with Gasteiger partial charge in [0.05, 0.1) is 4.90 Å². The van der Waals surface area contributed by atoms with Gasteiger partial charge in [0, 0.05) is 18.4 Å². The zero-order valence-electron chi connectivity index (χ0n) is 12.8. The zero-order chi connectivity index (χ0) is 15.7. The van der Waals surface area contributed by atoms with Crippen LogP contribution in [0.4, 0.5) is 0 Å². The number of hydrogen-bond acceptors (Lipinski definition) is 2. The SMILES string of the molecule is CC(C)(C)C1=CCN(S(=O)(=O)c2ccc(CBr)cc2)CC1. The van der Waals surface area contributed by atoms with Gasteiger partial charge in [-0.1, -0.05) is 60.5 Å². The molecule has 1 aromatic rings. The molecule has 116 valence electrons. The number of nitrogens with zero attached hydrogens (tertiary/aromatic N) is 1. The molecule has 0 radical (unpaired) electrons. The molecule has 1 aliphatic rings. The van der Waals surface area contributed by atoms with Crippen LogP contribution in [0.5, 0.6) is 0 Å². The van der Waals surface area contributed by atoms with E-state index in [4.69, 9.17) is 0 Å². The fraction of sp³-hybridized carbons (Fsp3) is 0.500. The van der Waals surface area contributed by atoms with Crippen molar-refractivity contribution in [1.82, 2.24) is 4.31 Å². The second-order valence-corrected chi connectivity index (χ2v) is 8.87. The van der Waals surface area contributed by atoms with Crippen LogP contribution in [0.3, 0.4) is 0 Å². The molecule has 0 aromatic heterocycles. The van der Waals surface area contributed by atoms with Crippen LogP contribution in [-0.2, 0) is 15.4 Å². The van der Waals surface area contributed by atoms with E-state index in [9.17, 15) is 8.42 Å². The maximum Gasteiger partial charge on any atom is 0.243 e. The Morgan fingerprint density at radius 3 is 2.24 bits per heavy atom. The summed E-state index contributed by atoms with van der Waals surface area (Å²) in [6, 6.07) is 7.08. The summed E-state index contributed by atoms with van der Waals surface area (Å²) in [6.45, 7) is 7.53. The van der Waals surface area contributed by atoms with E-state index in [0.717, 1.165) is 17.3 Å². The van der Waals surface area contributed by atoms with Crippen LogP contribution in [0.25, 0.3) is 0 Å². The third-order valence-corrected chi connectivity index (χ3v) is 6.38. The van der Waals surface area contributed by atoms with Gasteiger partial charge in [0.1, 0.15) is 0 Å². The molecular formula is C16H22BrNO2S. The molecule has 0 unspecified atom stereocenters. The van der Waals surface area contributed by atoms with Crippen molar-refractivity contribution >= 4 is 26.0 Å². The lowest BCUT2D eigenvalue weighted by atomic mass is 9.83. The first-order valence-corrected chi connectivity index (χ1v) is 9.66. The van der Waals surface area contributed by atoms with Crippen molar-refractivity contribution in [2.24, 2.45) is 5.41 Å². The molecule has 0 N–H and O–H groups in total. The normalized spacial score (nSPS) is 17.6. The molecule has 1 aromatic carbocycles. The molecule has 0 saturated carbocycles. The number of rotatable bonds is 3. The van der Waals surface area contributed by atoms with E-state index in [-0.39, 0.29) is 5.41 Å². The third-order valence-electron chi connectivity index (χ3n) is 3.85. The van der Waals surface area contributed by atoms with Crippen LogP contribution >= 0.6 is 15.9 Å². The molecule has 2 rings (SSSR count). The van der Waals surface area contributed by atoms with Crippen molar-refractivity contribution in [3.63, 3.8) is 0 Å². The molecule has 0 fully saturated rings. The van der Waals surface area contributed by atoms with Crippen LogP contribution in [0.2, 0.25) is 0 Å². The van der Waals surface area contributed by atoms with Gasteiger partial charge in [-0.05, 0) is 29.5 Å². The topological polar surface area (TPSA) is 37.4 Å². The first-order chi connectivity index (χ1) is 9.75. The summed E-state index contributed by atoms with van der Waals surface area (Å²) in [6.07, 6.45) is 2.87. The summed E-state index contributed by atoms with van der Waals surface area (Å²) in [5, 5.41) is 0.731. The van der Waals surface area contributed by atoms with E-state index >= 15 is 0 Å². The van der Waals surface area contributed by atoms with E-state index in [0.29, 0.717) is 18.0 Å². The van der Waals surface area contributed by atoms with E-state index in [1.54, 1.807) is 16.4 Å². The lowest BCUT2D eigenvalue weighted by Crippen LogP contribution is -2.36. The molecule has 1 aliphatic heterocycles. The third kappa shape index (κ3) is 3.76. The predicted octanol–water partition coefficient (Wildman–Crippen LogP) is 3.95. The van der Waals surface area contributed by atoms with E-state index in [1.165, 1.54) is 5.57 Å². The van der Waals surface area contributed by atoms with Crippen molar-refractivity contribution in [2.45, 2.75) is 37.4 Å². The molecule has 0 amide bonds. The molecule has 21 heavy (non-hydrogen) atoms. The van der Waals surface area contributed by atoms with Gasteiger partial charge in [0.2, 0.25) is 10.0 Å². The summed E-state index contributed by atoms with van der Waals surface area (Å²) < 4.78 is 26.8. The van der Waals surface area contributed by atoms with Gasteiger partial charge in [-0.15, -0.1) is 0 Å². The highest BCUT2D eigenvalue weighted by atomic mass is 79.9. The number of sulfonamides is 1. The van der Waals surface area contributed by atoms with Crippen LogP contribution in [0, 0.1) is 5.41 Å². The minimum atomic E-state index is -3.38. The van der Waals surface area contributed by atoms with Gasteiger partial charge < -0.3 is 0 Å². The highest BCUT2D eigenvalue weighted by Crippen LogP contribution is 2.31. The second-order valence-electron chi connectivity index (χ2n) is 6.37. The molecule has 0 spiro atoms. The zero-order valence-corrected chi connectivity index (χ0v) is 15.2. The smallest absolute Gasteiger partial charge is 0.207 e. The molecular weight excluding hydrogens is 350 g/mol. The first-order valence-electron chi connectivity index (χ1n) is 7.10. The highest BCUT2D eigenvalue weighted by Gasteiger charge is 2.28. The van der Waals surface area contributed by atoms with Crippen LogP contribution in [0.15, 0.2) is 40.8 Å². The molecule has 0 bridgehead atoms. The van der Waals surface area contributed by atoms with Crippen LogP contribution < -0.4 is 0 Å². The average Bonchev–Trinajstić information content (AvgIpc) is 2.46. The van der Waals surface area contributed by atoms with E-state index < -0.39 is 10.0 Å². The Labute approximate surface area is 136 Å². The lowest BCUT2D eigenvalue weighted by Gasteiger charge is -2.31. The highest BCUT2D eigenvalue weighted by molar-refractivity contribution is 9.08. The van der Waals surface area contributed by atoms with E-state index in [1.807, 2.05) is 12.1 Å². The van der Waals surface area contributed by atoms with Crippen molar-refractivity contribution in [2.75, 3.05) is 13.1 Å². The molecule has 0 saturated heterocycles. The standard InChI is InChI=1S/C16H22BrNO2S/c1-16(2,3)14-8-10-18(11-9-14)21(19,20)15-6-4-13(12-17)5-7-15/h4-8H,9-12H2,1-3H3. The Morgan fingerprint density at radius 2 is 1.81 bits per heavy atom. The van der Waals surface area contributed by atoms with Gasteiger partial charge in [0.25, 0.3) is 0 Å². The Kier molecular flexibility index (Phi) is 4.96. The van der Waals surface area contributed by atoms with Crippen LogP contribution in [0.1, 0.15) is 32.8 Å². The number of benzene rings is 1. The maximum absolute atomic E-state index is 12.6. The molecule has 5 heteroatoms. The molecule has 3 nitrogen and oxygen atoms in total. The summed E-state index contributed by atoms with van der Waals surface area (Å²) in [4.78, 5) is 0.375. The van der Waals surface area contributed by atoms with Gasteiger partial charge in [0.15, 0.2) is 0 Å². The maximum atomic E-state index is 12.6. The van der Waals surface area contributed by atoms with Gasteiger partial charge in [-0.25, -0.2) is 8.42 Å². The Balaban J connectivity index is 2.20. The summed E-state index contributed by atoms with van der Waals surface area (Å²) in [7, 11) is -3.38. The van der Waals surface area contributed by atoms with E-state index in [2.05, 4.69) is 42.8 Å². The second kappa shape index (κ2) is 6.23. The summed E-state index contributed by atoms with van der Waals surface area (Å²) in [5.41, 5.74) is 2.53. The Bertz CT molecular complexity index is 627. The van der Waals surface area contributed by atoms with Gasteiger partial charge >= 0.3 is 0 Å². The molecule has 0 aliphatic carbocycles. The Morgan fingerprint density at radius 1 is 1.19 bits per heavy atom. The fourth-order valence-corrected chi connectivity index (χ4v) is 4.20. The fourth-order valence-electron chi connectivity index (χ4n) is 2.45. The largest absolute Gasteiger partial charge is 0.243 e. The predicted molar refractivity (Wildman–Crippen MR) is 90.0 cm³/mol. The number of hydrogen-bond donors (Lipinski definition) is 0. The summed E-state index contributed by atoms with van der Waals surface area (Å²) in [5.74, 6) is 0. The van der Waals surface area contributed by atoms with Gasteiger partial charge in [-0.3, -0.25) is 0 Å². The minimum Gasteiger partial charge on any atom is -0.207 e. The number of alkyl halides is 1. The lowest BCUT2D eigenvalue weighted by molar-refractivity contribution is 0.389. The number of halogens is 1.